The largest absolute Gasteiger partial charge is 0.326 e. The lowest BCUT2D eigenvalue weighted by atomic mass is 9.63. The number of nitrogens with one attached hydrogen (secondary N) is 1. The van der Waals surface area contributed by atoms with E-state index in [4.69, 9.17) is 5.73 Å². The Hall–Kier alpha value is -1.32. The second kappa shape index (κ2) is 4.66. The smallest absolute Gasteiger partial charge is 0.248 e. The van der Waals surface area contributed by atoms with E-state index in [1.807, 2.05) is 6.07 Å². The maximum absolute atomic E-state index is 11.5. The summed E-state index contributed by atoms with van der Waals surface area (Å²) in [4.78, 5) is 14.4. The van der Waals surface area contributed by atoms with E-state index in [9.17, 15) is 4.79 Å². The van der Waals surface area contributed by atoms with E-state index >= 15 is 0 Å². The number of pyridine rings is 1. The summed E-state index contributed by atoms with van der Waals surface area (Å²) in [6, 6.07) is 3.47. The van der Waals surface area contributed by atoms with E-state index in [0.29, 0.717) is 5.92 Å². The molecule has 3 N–H and O–H groups in total. The quantitative estimate of drug-likeness (QED) is 0.716. The normalized spacial score (nSPS) is 30.4. The molecule has 0 fully saturated rings. The Bertz CT molecular complexity index is 629. The predicted octanol–water partition coefficient (Wildman–Crippen LogP) is 2.42. The van der Waals surface area contributed by atoms with Gasteiger partial charge in [-0.3, -0.25) is 4.79 Å². The van der Waals surface area contributed by atoms with Crippen LogP contribution in [0.2, 0.25) is 0 Å². The average molecular weight is 279 g/mol. The maximum atomic E-state index is 11.5. The molecule has 3 nitrogen and oxygen atoms in total. The topological polar surface area (TPSA) is 58.9 Å². The molecule has 0 saturated heterocycles. The maximum Gasteiger partial charge on any atom is 0.248 e. The fourth-order valence-corrected chi connectivity index (χ4v) is 3.57. The molecule has 2 atom stereocenters. The van der Waals surface area contributed by atoms with Gasteiger partial charge in [0.2, 0.25) is 5.56 Å². The standard InChI is InChI=1S/C15H18N2O.ClH/c1-3-11-10-6-9(2)8-15(11,16)12-4-5-14(18)17-13(12)7-10;/h3-6,10H,7-8,16H2,1-2H3,(H,17,18);1H/b11-3+;/t10-,15+;/m1./s1. The number of allylic oxidation sites excluding steroid dienone is 2. The zero-order valence-corrected chi connectivity index (χ0v) is 12.0. The predicted molar refractivity (Wildman–Crippen MR) is 79.5 cm³/mol. The van der Waals surface area contributed by atoms with E-state index in [-0.39, 0.29) is 18.0 Å². The van der Waals surface area contributed by atoms with Crippen molar-refractivity contribution >= 4 is 12.4 Å². The molecule has 1 aromatic rings. The van der Waals surface area contributed by atoms with E-state index in [0.717, 1.165) is 24.1 Å². The molecule has 4 heteroatoms. The molecule has 1 heterocycles. The lowest BCUT2D eigenvalue weighted by molar-refractivity contribution is 0.409. The van der Waals surface area contributed by atoms with Crippen molar-refractivity contribution in [1.82, 2.24) is 4.98 Å². The van der Waals surface area contributed by atoms with Crippen molar-refractivity contribution < 1.29 is 0 Å². The van der Waals surface area contributed by atoms with Crippen molar-refractivity contribution in [3.8, 4) is 0 Å². The van der Waals surface area contributed by atoms with Gasteiger partial charge in [-0.15, -0.1) is 12.4 Å². The van der Waals surface area contributed by atoms with Gasteiger partial charge in [0.05, 0.1) is 5.54 Å². The van der Waals surface area contributed by atoms with Crippen LogP contribution in [0.3, 0.4) is 0 Å². The van der Waals surface area contributed by atoms with Crippen LogP contribution in [0.1, 0.15) is 31.5 Å². The van der Waals surface area contributed by atoms with E-state index in [1.54, 1.807) is 6.07 Å². The molecule has 2 aliphatic carbocycles. The van der Waals surface area contributed by atoms with Crippen LogP contribution in [0.15, 0.2) is 40.2 Å². The molecule has 0 spiro atoms. The number of aromatic amines is 1. The molecule has 2 aliphatic rings. The molecule has 0 aliphatic heterocycles. The van der Waals surface area contributed by atoms with Gasteiger partial charge < -0.3 is 10.7 Å². The van der Waals surface area contributed by atoms with Gasteiger partial charge in [0.25, 0.3) is 0 Å². The first-order valence-corrected chi connectivity index (χ1v) is 6.40. The second-order valence-corrected chi connectivity index (χ2v) is 5.43. The summed E-state index contributed by atoms with van der Waals surface area (Å²) in [5.74, 6) is 0.333. The van der Waals surface area contributed by atoms with Crippen molar-refractivity contribution in [3.63, 3.8) is 0 Å². The Labute approximate surface area is 119 Å². The Morgan fingerprint density at radius 1 is 1.47 bits per heavy atom. The number of H-pyrrole nitrogens is 1. The molecule has 0 radical (unpaired) electrons. The second-order valence-electron chi connectivity index (χ2n) is 5.43. The van der Waals surface area contributed by atoms with Crippen LogP contribution in [0.5, 0.6) is 0 Å². The van der Waals surface area contributed by atoms with Gasteiger partial charge in [0.1, 0.15) is 0 Å². The summed E-state index contributed by atoms with van der Waals surface area (Å²) < 4.78 is 0. The summed E-state index contributed by atoms with van der Waals surface area (Å²) in [6.45, 7) is 4.19. The molecule has 0 aromatic carbocycles. The Morgan fingerprint density at radius 2 is 2.21 bits per heavy atom. The van der Waals surface area contributed by atoms with Crippen molar-refractivity contribution in [2.45, 2.75) is 32.2 Å². The molecule has 0 saturated carbocycles. The van der Waals surface area contributed by atoms with Gasteiger partial charge in [-0.05, 0) is 43.9 Å². The van der Waals surface area contributed by atoms with Crippen LogP contribution in [-0.2, 0) is 12.0 Å². The highest BCUT2D eigenvalue weighted by Crippen LogP contribution is 2.47. The lowest BCUT2D eigenvalue weighted by Crippen LogP contribution is -2.48. The van der Waals surface area contributed by atoms with E-state index in [2.05, 4.69) is 31.0 Å². The Kier molecular flexibility index (Phi) is 3.45. The van der Waals surface area contributed by atoms with Gasteiger partial charge in [-0.25, -0.2) is 0 Å². The molecule has 0 amide bonds. The van der Waals surface area contributed by atoms with E-state index in [1.165, 1.54) is 11.1 Å². The fraction of sp³-hybridized carbons (Fsp3) is 0.400. The highest BCUT2D eigenvalue weighted by molar-refractivity contribution is 5.85. The summed E-state index contributed by atoms with van der Waals surface area (Å²) in [5.41, 5.74) is 10.9. The monoisotopic (exact) mass is 278 g/mol. The first-order chi connectivity index (χ1) is 8.54. The van der Waals surface area contributed by atoms with Gasteiger partial charge in [-0.2, -0.15) is 0 Å². The molecule has 102 valence electrons. The molecule has 3 rings (SSSR count). The molecule has 1 aromatic heterocycles. The van der Waals surface area contributed by atoms with Gasteiger partial charge in [-0.1, -0.05) is 17.7 Å². The number of rotatable bonds is 0. The number of halogens is 1. The lowest BCUT2D eigenvalue weighted by Gasteiger charge is -2.45. The molecule has 19 heavy (non-hydrogen) atoms. The number of aromatic nitrogens is 1. The van der Waals surface area contributed by atoms with Crippen molar-refractivity contribution in [3.05, 3.63) is 57.0 Å². The van der Waals surface area contributed by atoms with Crippen molar-refractivity contribution in [2.75, 3.05) is 0 Å². The number of hydrogen-bond acceptors (Lipinski definition) is 2. The first kappa shape index (κ1) is 14.1. The Morgan fingerprint density at radius 3 is 2.89 bits per heavy atom. The third-order valence-corrected chi connectivity index (χ3v) is 4.17. The third kappa shape index (κ3) is 1.97. The number of hydrogen-bond donors (Lipinski definition) is 2. The van der Waals surface area contributed by atoms with Crippen LogP contribution in [0, 0.1) is 5.92 Å². The summed E-state index contributed by atoms with van der Waals surface area (Å²) in [7, 11) is 0. The van der Waals surface area contributed by atoms with Crippen LogP contribution in [0.25, 0.3) is 0 Å². The Balaban J connectivity index is 0.00000133. The zero-order valence-electron chi connectivity index (χ0n) is 11.2. The van der Waals surface area contributed by atoms with Crippen molar-refractivity contribution in [2.24, 2.45) is 11.7 Å². The number of nitrogens with two attached hydrogens (primary N) is 1. The molecule has 0 unspecified atom stereocenters. The summed E-state index contributed by atoms with van der Waals surface area (Å²) >= 11 is 0. The number of fused-ring (bicyclic) bond motifs is 4. The van der Waals surface area contributed by atoms with Gasteiger partial charge in [0.15, 0.2) is 0 Å². The van der Waals surface area contributed by atoms with Crippen molar-refractivity contribution in [1.29, 1.82) is 0 Å². The van der Waals surface area contributed by atoms with Gasteiger partial charge in [0, 0.05) is 17.7 Å². The molecular formula is C15H19ClN2O. The van der Waals surface area contributed by atoms with Crippen LogP contribution in [0.4, 0.5) is 0 Å². The highest BCUT2D eigenvalue weighted by atomic mass is 35.5. The zero-order chi connectivity index (χ0) is 12.9. The minimum absolute atomic E-state index is 0. The first-order valence-electron chi connectivity index (χ1n) is 6.40. The fourth-order valence-electron chi connectivity index (χ4n) is 3.57. The highest BCUT2D eigenvalue weighted by Gasteiger charge is 2.43. The average Bonchev–Trinajstić information content (AvgIpc) is 2.26. The van der Waals surface area contributed by atoms with Crippen LogP contribution < -0.4 is 11.3 Å². The molecule has 2 bridgehead atoms. The van der Waals surface area contributed by atoms with Crippen LogP contribution >= 0.6 is 12.4 Å². The summed E-state index contributed by atoms with van der Waals surface area (Å²) in [6.07, 6.45) is 6.11. The minimum atomic E-state index is -0.434. The SMILES string of the molecule is C/C=C1\[C@@H]2C=C(C)C[C@@]1(N)c1ccc(=O)[nH]c1C2.Cl. The minimum Gasteiger partial charge on any atom is -0.326 e. The summed E-state index contributed by atoms with van der Waals surface area (Å²) in [5, 5.41) is 0. The van der Waals surface area contributed by atoms with Gasteiger partial charge >= 0.3 is 0 Å². The molecular weight excluding hydrogens is 260 g/mol. The third-order valence-electron chi connectivity index (χ3n) is 4.17. The van der Waals surface area contributed by atoms with Crippen LogP contribution in [-0.4, -0.2) is 4.98 Å². The van der Waals surface area contributed by atoms with E-state index < -0.39 is 5.54 Å².